The van der Waals surface area contributed by atoms with Gasteiger partial charge in [-0.2, -0.15) is 10.1 Å². The van der Waals surface area contributed by atoms with Crippen molar-refractivity contribution >= 4 is 23.3 Å². The molecule has 0 atom stereocenters. The Bertz CT molecular complexity index is 930. The van der Waals surface area contributed by atoms with Crippen LogP contribution in [0.1, 0.15) is 30.0 Å². The second kappa shape index (κ2) is 4.66. The van der Waals surface area contributed by atoms with E-state index in [0.29, 0.717) is 19.3 Å². The molecule has 1 fully saturated rings. The fourth-order valence-corrected chi connectivity index (χ4v) is 3.91. The maximum absolute atomic E-state index is 6.30. The largest absolute Gasteiger partial charge is 0.305 e. The van der Waals surface area contributed by atoms with Crippen LogP contribution in [0.5, 0.6) is 0 Å². The summed E-state index contributed by atoms with van der Waals surface area (Å²) in [5, 5.41) is 12.6. The SMILES string of the molecule is ClN1C=C2N(C1)c1ccccc1C1=NCN(n3nncc3C3CC3)N21. The van der Waals surface area contributed by atoms with Gasteiger partial charge in [0, 0.05) is 23.3 Å². The zero-order valence-electron chi connectivity index (χ0n) is 13.3. The van der Waals surface area contributed by atoms with Crippen LogP contribution in [0.4, 0.5) is 5.69 Å². The van der Waals surface area contributed by atoms with Gasteiger partial charge in [-0.25, -0.2) is 4.99 Å². The van der Waals surface area contributed by atoms with E-state index in [9.17, 15) is 0 Å². The molecule has 9 heteroatoms. The van der Waals surface area contributed by atoms with Gasteiger partial charge in [-0.05, 0) is 30.2 Å². The summed E-state index contributed by atoms with van der Waals surface area (Å²) in [6, 6.07) is 8.28. The molecule has 0 N–H and O–H groups in total. The Hall–Kier alpha value is -2.74. The number of fused-ring (bicyclic) bond motifs is 6. The number of amidine groups is 1. The lowest BCUT2D eigenvalue weighted by Gasteiger charge is -2.40. The molecule has 1 aliphatic carbocycles. The fraction of sp³-hybridized carbons (Fsp3) is 0.312. The number of hydrogen-bond donors (Lipinski definition) is 0. The van der Waals surface area contributed by atoms with Gasteiger partial charge in [0.25, 0.3) is 0 Å². The summed E-state index contributed by atoms with van der Waals surface area (Å²) >= 11 is 6.30. The predicted octanol–water partition coefficient (Wildman–Crippen LogP) is 1.77. The molecule has 6 rings (SSSR count). The predicted molar refractivity (Wildman–Crippen MR) is 93.0 cm³/mol. The summed E-state index contributed by atoms with van der Waals surface area (Å²) < 4.78 is 1.66. The molecule has 2 aromatic rings. The average molecular weight is 355 g/mol. The fourth-order valence-electron chi connectivity index (χ4n) is 3.71. The minimum Gasteiger partial charge on any atom is -0.305 e. The monoisotopic (exact) mass is 354 g/mol. The third-order valence-electron chi connectivity index (χ3n) is 5.01. The lowest BCUT2D eigenvalue weighted by atomic mass is 10.1. The quantitative estimate of drug-likeness (QED) is 0.766. The Morgan fingerprint density at radius 1 is 1.16 bits per heavy atom. The van der Waals surface area contributed by atoms with Crippen molar-refractivity contribution in [1.82, 2.24) is 24.5 Å². The summed E-state index contributed by atoms with van der Waals surface area (Å²) in [5.74, 6) is 2.44. The third kappa shape index (κ3) is 1.80. The van der Waals surface area contributed by atoms with Gasteiger partial charge in [-0.1, -0.05) is 12.1 Å². The molecule has 4 heterocycles. The normalized spacial score (nSPS) is 21.2. The van der Waals surface area contributed by atoms with Crippen molar-refractivity contribution in [1.29, 1.82) is 0 Å². The number of aliphatic imine (C=N–C) groups is 1. The van der Waals surface area contributed by atoms with Gasteiger partial charge in [0.15, 0.2) is 18.3 Å². The lowest BCUT2D eigenvalue weighted by molar-refractivity contribution is 0.338. The molecule has 25 heavy (non-hydrogen) atoms. The van der Waals surface area contributed by atoms with Crippen LogP contribution in [0, 0.1) is 0 Å². The van der Waals surface area contributed by atoms with Gasteiger partial charge in [-0.3, -0.25) is 4.42 Å². The lowest BCUT2D eigenvalue weighted by Crippen LogP contribution is -2.54. The molecular weight excluding hydrogens is 340 g/mol. The van der Waals surface area contributed by atoms with Crippen LogP contribution < -0.4 is 10.0 Å². The van der Waals surface area contributed by atoms with E-state index in [1.807, 2.05) is 34.4 Å². The van der Waals surface area contributed by atoms with E-state index in [1.54, 1.807) is 4.42 Å². The first-order valence-corrected chi connectivity index (χ1v) is 8.69. The number of para-hydroxylation sites is 1. The first kappa shape index (κ1) is 13.5. The Morgan fingerprint density at radius 2 is 2.04 bits per heavy atom. The molecule has 0 amide bonds. The van der Waals surface area contributed by atoms with E-state index in [4.69, 9.17) is 16.8 Å². The number of rotatable bonds is 2. The first-order valence-electron chi connectivity index (χ1n) is 8.35. The van der Waals surface area contributed by atoms with E-state index < -0.39 is 0 Å². The molecule has 1 saturated carbocycles. The number of aromatic nitrogens is 3. The van der Waals surface area contributed by atoms with Crippen LogP contribution in [0.15, 0.2) is 47.5 Å². The summed E-state index contributed by atoms with van der Waals surface area (Å²) in [5.41, 5.74) is 3.36. The number of halogens is 1. The van der Waals surface area contributed by atoms with Crippen molar-refractivity contribution < 1.29 is 0 Å². The van der Waals surface area contributed by atoms with Crippen molar-refractivity contribution in [2.24, 2.45) is 4.99 Å². The van der Waals surface area contributed by atoms with Crippen molar-refractivity contribution in [3.05, 3.63) is 53.7 Å². The highest BCUT2D eigenvalue weighted by Gasteiger charge is 2.43. The van der Waals surface area contributed by atoms with Crippen LogP contribution in [-0.4, -0.2) is 43.7 Å². The maximum atomic E-state index is 6.30. The van der Waals surface area contributed by atoms with E-state index in [2.05, 4.69) is 32.4 Å². The molecule has 1 aromatic carbocycles. The minimum atomic E-state index is 0.500. The molecule has 3 aliphatic heterocycles. The van der Waals surface area contributed by atoms with Crippen LogP contribution in [0.3, 0.4) is 0 Å². The van der Waals surface area contributed by atoms with Crippen molar-refractivity contribution in [2.75, 3.05) is 23.4 Å². The zero-order valence-corrected chi connectivity index (χ0v) is 14.1. The Balaban J connectivity index is 1.50. The highest BCUT2D eigenvalue weighted by atomic mass is 35.5. The van der Waals surface area contributed by atoms with E-state index in [-0.39, 0.29) is 0 Å². The molecule has 126 valence electrons. The maximum Gasteiger partial charge on any atom is 0.162 e. The second-order valence-corrected chi connectivity index (χ2v) is 7.04. The molecular formula is C16H15ClN8. The number of anilines is 1. The van der Waals surface area contributed by atoms with Crippen molar-refractivity contribution in [3.8, 4) is 0 Å². The smallest absolute Gasteiger partial charge is 0.162 e. The minimum absolute atomic E-state index is 0.500. The van der Waals surface area contributed by atoms with Crippen LogP contribution >= 0.6 is 11.8 Å². The molecule has 8 nitrogen and oxygen atoms in total. The van der Waals surface area contributed by atoms with Gasteiger partial charge in [0.05, 0.1) is 23.8 Å². The van der Waals surface area contributed by atoms with Gasteiger partial charge >= 0.3 is 0 Å². The topological polar surface area (TPSA) is 56.0 Å². The molecule has 0 spiro atoms. The highest BCUT2D eigenvalue weighted by molar-refractivity contribution is 6.15. The van der Waals surface area contributed by atoms with Gasteiger partial charge < -0.3 is 4.90 Å². The Kier molecular flexibility index (Phi) is 2.53. The van der Waals surface area contributed by atoms with E-state index in [1.165, 1.54) is 12.8 Å². The molecule has 4 aliphatic rings. The summed E-state index contributed by atoms with van der Waals surface area (Å²) in [4.78, 5) is 8.87. The summed E-state index contributed by atoms with van der Waals surface area (Å²) in [7, 11) is 0. The summed E-state index contributed by atoms with van der Waals surface area (Å²) in [6.07, 6.45) is 6.19. The first-order chi connectivity index (χ1) is 12.3. The van der Waals surface area contributed by atoms with Gasteiger partial charge in [0.2, 0.25) is 0 Å². The Morgan fingerprint density at radius 3 is 2.92 bits per heavy atom. The molecule has 0 saturated heterocycles. The average Bonchev–Trinajstić information content (AvgIpc) is 3.05. The number of nitrogens with zero attached hydrogens (tertiary/aromatic N) is 8. The standard InChI is InChI=1S/C16H15ClN8/c17-21-8-15-22(10-21)13-4-2-1-3-12(13)16-18-9-23(24(15)16)25-14(7-19-20-25)11-5-6-11/h1-4,7-8,11H,5-6,9-10H2. The highest BCUT2D eigenvalue weighted by Crippen LogP contribution is 2.42. The second-order valence-electron chi connectivity index (χ2n) is 6.60. The summed E-state index contributed by atoms with van der Waals surface area (Å²) in [6.45, 7) is 1.10. The van der Waals surface area contributed by atoms with Crippen molar-refractivity contribution in [3.63, 3.8) is 0 Å². The van der Waals surface area contributed by atoms with E-state index >= 15 is 0 Å². The Labute approximate surface area is 149 Å². The van der Waals surface area contributed by atoms with Gasteiger partial charge in [0.1, 0.15) is 6.67 Å². The molecule has 0 unspecified atom stereocenters. The number of hydrogen-bond acceptors (Lipinski definition) is 7. The van der Waals surface area contributed by atoms with Crippen LogP contribution in [0.25, 0.3) is 0 Å². The number of benzene rings is 1. The number of hydrazine groups is 1. The van der Waals surface area contributed by atoms with Crippen LogP contribution in [-0.2, 0) is 0 Å². The zero-order chi connectivity index (χ0) is 16.5. The van der Waals surface area contributed by atoms with E-state index in [0.717, 1.165) is 28.6 Å². The molecule has 0 radical (unpaired) electrons. The molecule has 1 aromatic heterocycles. The third-order valence-corrected chi connectivity index (χ3v) is 5.22. The van der Waals surface area contributed by atoms with Crippen molar-refractivity contribution in [2.45, 2.75) is 18.8 Å². The van der Waals surface area contributed by atoms with Crippen LogP contribution in [0.2, 0.25) is 0 Å². The molecule has 0 bridgehead atoms. The van der Waals surface area contributed by atoms with Gasteiger partial charge in [-0.15, -0.1) is 9.89 Å².